The average molecular weight is 414 g/mol. The van der Waals surface area contributed by atoms with Gasteiger partial charge < -0.3 is 5.32 Å². The summed E-state index contributed by atoms with van der Waals surface area (Å²) in [5.74, 6) is -0.374. The smallest absolute Gasteiger partial charge is 0.295 e. The number of anilines is 1. The van der Waals surface area contributed by atoms with E-state index in [9.17, 15) is 9.59 Å². The molecule has 0 aromatic heterocycles. The number of halogens is 3. The van der Waals surface area contributed by atoms with E-state index in [-0.39, 0.29) is 17.8 Å². The summed E-state index contributed by atoms with van der Waals surface area (Å²) in [6.07, 6.45) is 1.64. The second-order valence-corrected chi connectivity index (χ2v) is 7.40. The molecule has 128 valence electrons. The molecule has 2 amide bonds. The van der Waals surface area contributed by atoms with E-state index in [4.69, 9.17) is 34.8 Å². The summed E-state index contributed by atoms with van der Waals surface area (Å²) < 4.78 is 0. The number of benzene rings is 2. The Labute approximate surface area is 163 Å². The van der Waals surface area contributed by atoms with Gasteiger partial charge in [0.2, 0.25) is 0 Å². The SMILES string of the molecule is O=C1S/C(=C\c2cccc(Cl)c2)C(=O)N1CNc1cc(Cl)ccc1Cl. The zero-order chi connectivity index (χ0) is 18.0. The van der Waals surface area contributed by atoms with Gasteiger partial charge in [-0.2, -0.15) is 0 Å². The fraction of sp³-hybridized carbons (Fsp3) is 0.0588. The third-order valence-corrected chi connectivity index (χ3v) is 5.08. The summed E-state index contributed by atoms with van der Waals surface area (Å²) in [5, 5.41) is 4.11. The number of carbonyl (C=O) groups excluding carboxylic acids is 2. The minimum absolute atomic E-state index is 0.00237. The maximum atomic E-state index is 12.5. The fourth-order valence-electron chi connectivity index (χ4n) is 2.18. The lowest BCUT2D eigenvalue weighted by Gasteiger charge is -2.15. The van der Waals surface area contributed by atoms with Crippen molar-refractivity contribution >= 4 is 69.5 Å². The number of carbonyl (C=O) groups is 2. The molecular weight excluding hydrogens is 403 g/mol. The van der Waals surface area contributed by atoms with Gasteiger partial charge in [-0.1, -0.05) is 46.9 Å². The predicted octanol–water partition coefficient (Wildman–Crippen LogP) is 5.75. The third kappa shape index (κ3) is 4.30. The second-order valence-electron chi connectivity index (χ2n) is 5.12. The van der Waals surface area contributed by atoms with Crippen LogP contribution in [0.2, 0.25) is 15.1 Å². The van der Waals surface area contributed by atoms with E-state index in [0.29, 0.717) is 25.7 Å². The third-order valence-electron chi connectivity index (χ3n) is 3.38. The molecule has 1 N–H and O–H groups in total. The van der Waals surface area contributed by atoms with Crippen LogP contribution in [0.15, 0.2) is 47.4 Å². The highest BCUT2D eigenvalue weighted by atomic mass is 35.5. The van der Waals surface area contributed by atoms with Crippen LogP contribution in [0.1, 0.15) is 5.56 Å². The van der Waals surface area contributed by atoms with E-state index >= 15 is 0 Å². The molecule has 1 aliphatic heterocycles. The summed E-state index contributed by atoms with van der Waals surface area (Å²) in [6, 6.07) is 12.0. The van der Waals surface area contributed by atoms with Crippen molar-refractivity contribution in [2.75, 3.05) is 12.0 Å². The molecule has 25 heavy (non-hydrogen) atoms. The number of rotatable bonds is 4. The maximum absolute atomic E-state index is 12.5. The molecule has 0 saturated carbocycles. The van der Waals surface area contributed by atoms with E-state index in [2.05, 4.69) is 5.32 Å². The normalized spacial score (nSPS) is 16.0. The number of amides is 2. The van der Waals surface area contributed by atoms with Crippen LogP contribution in [-0.4, -0.2) is 22.7 Å². The number of hydrogen-bond donors (Lipinski definition) is 1. The highest BCUT2D eigenvalue weighted by Gasteiger charge is 2.34. The fourth-order valence-corrected chi connectivity index (χ4v) is 3.57. The van der Waals surface area contributed by atoms with Crippen LogP contribution in [0.25, 0.3) is 6.08 Å². The number of nitrogens with zero attached hydrogens (tertiary/aromatic N) is 1. The molecule has 2 aromatic rings. The summed E-state index contributed by atoms with van der Waals surface area (Å²) in [5.41, 5.74) is 1.30. The second kappa shape index (κ2) is 7.70. The van der Waals surface area contributed by atoms with E-state index < -0.39 is 0 Å². The van der Waals surface area contributed by atoms with Gasteiger partial charge >= 0.3 is 0 Å². The molecule has 1 fully saturated rings. The first-order valence-corrected chi connectivity index (χ1v) is 9.09. The number of nitrogens with one attached hydrogen (secondary N) is 1. The first-order chi connectivity index (χ1) is 11.9. The Morgan fingerprint density at radius 1 is 1.04 bits per heavy atom. The zero-order valence-electron chi connectivity index (χ0n) is 12.6. The van der Waals surface area contributed by atoms with Gasteiger partial charge in [0, 0.05) is 10.0 Å². The minimum atomic E-state index is -0.374. The van der Waals surface area contributed by atoms with Crippen molar-refractivity contribution < 1.29 is 9.59 Å². The Hall–Kier alpha value is -1.66. The van der Waals surface area contributed by atoms with Crippen molar-refractivity contribution in [3.8, 4) is 0 Å². The van der Waals surface area contributed by atoms with Crippen LogP contribution in [0, 0.1) is 0 Å². The van der Waals surface area contributed by atoms with E-state index in [0.717, 1.165) is 22.2 Å². The Kier molecular flexibility index (Phi) is 5.59. The Bertz CT molecular complexity index is 886. The first kappa shape index (κ1) is 18.1. The highest BCUT2D eigenvalue weighted by molar-refractivity contribution is 8.18. The first-order valence-electron chi connectivity index (χ1n) is 7.14. The summed E-state index contributed by atoms with van der Waals surface area (Å²) >= 11 is 18.8. The average Bonchev–Trinajstić information content (AvgIpc) is 2.82. The molecule has 0 atom stereocenters. The molecule has 0 aliphatic carbocycles. The van der Waals surface area contributed by atoms with Gasteiger partial charge in [0.05, 0.1) is 22.3 Å². The Balaban J connectivity index is 1.74. The highest BCUT2D eigenvalue weighted by Crippen LogP contribution is 2.33. The molecule has 0 radical (unpaired) electrons. The molecule has 2 aromatic carbocycles. The monoisotopic (exact) mass is 412 g/mol. The molecule has 3 rings (SSSR count). The largest absolute Gasteiger partial charge is 0.366 e. The van der Waals surface area contributed by atoms with Crippen LogP contribution < -0.4 is 5.32 Å². The van der Waals surface area contributed by atoms with Crippen LogP contribution >= 0.6 is 46.6 Å². The van der Waals surface area contributed by atoms with Crippen molar-refractivity contribution in [2.24, 2.45) is 0 Å². The van der Waals surface area contributed by atoms with Crippen LogP contribution in [0.3, 0.4) is 0 Å². The van der Waals surface area contributed by atoms with Crippen LogP contribution in [-0.2, 0) is 4.79 Å². The molecule has 8 heteroatoms. The predicted molar refractivity (Wildman–Crippen MR) is 104 cm³/mol. The number of imide groups is 1. The number of thioether (sulfide) groups is 1. The standard InChI is InChI=1S/C17H11Cl3N2O2S/c18-11-3-1-2-10(6-11)7-15-16(23)22(17(24)25-15)9-21-14-8-12(19)4-5-13(14)20/h1-8,21H,9H2/b15-7-. The van der Waals surface area contributed by atoms with Crippen molar-refractivity contribution in [3.05, 3.63) is 68.0 Å². The van der Waals surface area contributed by atoms with Gasteiger partial charge in [-0.05, 0) is 53.7 Å². The lowest BCUT2D eigenvalue weighted by atomic mass is 10.2. The maximum Gasteiger partial charge on any atom is 0.295 e. The lowest BCUT2D eigenvalue weighted by molar-refractivity contribution is -0.122. The molecule has 0 unspecified atom stereocenters. The summed E-state index contributed by atoms with van der Waals surface area (Å²) in [6.45, 7) is -0.00237. The summed E-state index contributed by atoms with van der Waals surface area (Å²) in [7, 11) is 0. The topological polar surface area (TPSA) is 49.4 Å². The molecule has 1 heterocycles. The van der Waals surface area contributed by atoms with E-state index in [1.807, 2.05) is 6.07 Å². The molecular formula is C17H11Cl3N2O2S. The van der Waals surface area contributed by atoms with E-state index in [1.54, 1.807) is 42.5 Å². The van der Waals surface area contributed by atoms with Crippen molar-refractivity contribution in [1.29, 1.82) is 0 Å². The van der Waals surface area contributed by atoms with Crippen molar-refractivity contribution in [1.82, 2.24) is 4.90 Å². The van der Waals surface area contributed by atoms with Gasteiger partial charge in [0.15, 0.2) is 0 Å². The zero-order valence-corrected chi connectivity index (χ0v) is 15.7. The van der Waals surface area contributed by atoms with Gasteiger partial charge in [-0.15, -0.1) is 0 Å². The van der Waals surface area contributed by atoms with Crippen LogP contribution in [0.5, 0.6) is 0 Å². The molecule has 1 aliphatic rings. The Morgan fingerprint density at radius 3 is 2.56 bits per heavy atom. The van der Waals surface area contributed by atoms with Crippen molar-refractivity contribution in [2.45, 2.75) is 0 Å². The van der Waals surface area contributed by atoms with E-state index in [1.165, 1.54) is 0 Å². The summed E-state index contributed by atoms with van der Waals surface area (Å²) in [4.78, 5) is 26.0. The molecule has 0 spiro atoms. The van der Waals surface area contributed by atoms with Gasteiger partial charge in [0.1, 0.15) is 0 Å². The molecule has 0 bridgehead atoms. The lowest BCUT2D eigenvalue weighted by Crippen LogP contribution is -2.33. The van der Waals surface area contributed by atoms with Gasteiger partial charge in [0.25, 0.3) is 11.1 Å². The van der Waals surface area contributed by atoms with Crippen LogP contribution in [0.4, 0.5) is 10.5 Å². The molecule has 4 nitrogen and oxygen atoms in total. The van der Waals surface area contributed by atoms with Crippen molar-refractivity contribution in [3.63, 3.8) is 0 Å². The molecule has 1 saturated heterocycles. The quantitative estimate of drug-likeness (QED) is 0.648. The van der Waals surface area contributed by atoms with Gasteiger partial charge in [-0.3, -0.25) is 14.5 Å². The number of hydrogen-bond acceptors (Lipinski definition) is 4. The van der Waals surface area contributed by atoms with Gasteiger partial charge in [-0.25, -0.2) is 0 Å². The Morgan fingerprint density at radius 2 is 1.80 bits per heavy atom. The minimum Gasteiger partial charge on any atom is -0.366 e.